The van der Waals surface area contributed by atoms with Crippen molar-refractivity contribution in [2.45, 2.75) is 37.1 Å². The van der Waals surface area contributed by atoms with Crippen LogP contribution in [0, 0.1) is 6.92 Å². The number of rotatable bonds is 4. The van der Waals surface area contributed by atoms with E-state index in [0.29, 0.717) is 5.56 Å². The molecule has 0 unspecified atom stereocenters. The predicted octanol–water partition coefficient (Wildman–Crippen LogP) is 1.20. The Kier molecular flexibility index (Phi) is 4.89. The highest BCUT2D eigenvalue weighted by atomic mass is 32.2. The molecule has 0 spiro atoms. The van der Waals surface area contributed by atoms with Gasteiger partial charge in [-0.25, -0.2) is 17.9 Å². The fourth-order valence-electron chi connectivity index (χ4n) is 2.59. The minimum atomic E-state index is -3.70. The quantitative estimate of drug-likeness (QED) is 0.812. The number of carbonyl (C=O) groups excluding carboxylic acids is 1. The zero-order valence-electron chi connectivity index (χ0n) is 13.1. The number of nitrogens with one attached hydrogen (secondary N) is 2. The van der Waals surface area contributed by atoms with Crippen LogP contribution in [0.1, 0.15) is 35.7 Å². The van der Waals surface area contributed by atoms with Crippen LogP contribution in [0.3, 0.4) is 0 Å². The molecule has 0 aromatic heterocycles. The van der Waals surface area contributed by atoms with E-state index in [1.54, 1.807) is 19.1 Å². The number of benzene rings is 1. The van der Waals surface area contributed by atoms with Gasteiger partial charge in [0, 0.05) is 5.54 Å². The molecule has 0 saturated carbocycles. The van der Waals surface area contributed by atoms with Crippen LogP contribution in [0.15, 0.2) is 23.1 Å². The predicted molar refractivity (Wildman–Crippen MR) is 83.3 cm³/mol. The van der Waals surface area contributed by atoms with E-state index in [-0.39, 0.29) is 10.5 Å². The van der Waals surface area contributed by atoms with Crippen molar-refractivity contribution < 1.29 is 17.9 Å². The standard InChI is InChI=1S/C15H22N2O4S/c1-11-4-5-12(14(18)21-3)10-13(11)22(19,20)17-15(2)6-8-16-9-7-15/h4-5,10,16-17H,6-9H2,1-3H3. The summed E-state index contributed by atoms with van der Waals surface area (Å²) in [5, 5.41) is 3.21. The van der Waals surface area contributed by atoms with Crippen LogP contribution in [-0.4, -0.2) is 40.1 Å². The second-order valence-electron chi connectivity index (χ2n) is 5.89. The van der Waals surface area contributed by atoms with Gasteiger partial charge in [0.1, 0.15) is 0 Å². The average Bonchev–Trinajstić information content (AvgIpc) is 2.46. The van der Waals surface area contributed by atoms with E-state index in [1.807, 2.05) is 6.92 Å². The summed E-state index contributed by atoms with van der Waals surface area (Å²) in [6.45, 7) is 5.17. The molecule has 1 aromatic carbocycles. The van der Waals surface area contributed by atoms with Crippen molar-refractivity contribution in [2.75, 3.05) is 20.2 Å². The first kappa shape index (κ1) is 16.9. The Hall–Kier alpha value is -1.44. The van der Waals surface area contributed by atoms with Gasteiger partial charge in [-0.1, -0.05) is 6.07 Å². The van der Waals surface area contributed by atoms with Crippen molar-refractivity contribution in [1.29, 1.82) is 0 Å². The lowest BCUT2D eigenvalue weighted by Crippen LogP contribution is -2.52. The zero-order chi connectivity index (χ0) is 16.4. The summed E-state index contributed by atoms with van der Waals surface area (Å²) >= 11 is 0. The zero-order valence-corrected chi connectivity index (χ0v) is 13.9. The molecular formula is C15H22N2O4S. The van der Waals surface area contributed by atoms with Crippen molar-refractivity contribution in [1.82, 2.24) is 10.0 Å². The Morgan fingerprint density at radius 1 is 1.32 bits per heavy atom. The second-order valence-corrected chi connectivity index (χ2v) is 7.54. The van der Waals surface area contributed by atoms with Gasteiger partial charge in [0.25, 0.3) is 0 Å². The van der Waals surface area contributed by atoms with Crippen LogP contribution in [0.4, 0.5) is 0 Å². The molecule has 1 fully saturated rings. The van der Waals surface area contributed by atoms with Crippen molar-refractivity contribution in [3.05, 3.63) is 29.3 Å². The first-order valence-corrected chi connectivity index (χ1v) is 8.69. The van der Waals surface area contributed by atoms with Crippen LogP contribution in [-0.2, 0) is 14.8 Å². The molecule has 1 aromatic rings. The maximum Gasteiger partial charge on any atom is 0.337 e. The van der Waals surface area contributed by atoms with Crippen LogP contribution < -0.4 is 10.0 Å². The van der Waals surface area contributed by atoms with Gasteiger partial charge in [-0.15, -0.1) is 0 Å². The Morgan fingerprint density at radius 3 is 2.55 bits per heavy atom. The summed E-state index contributed by atoms with van der Waals surface area (Å²) in [6.07, 6.45) is 1.45. The van der Waals surface area contributed by atoms with E-state index in [4.69, 9.17) is 0 Å². The number of ether oxygens (including phenoxy) is 1. The smallest absolute Gasteiger partial charge is 0.337 e. The van der Waals surface area contributed by atoms with Gasteiger partial charge in [-0.05, 0) is 57.5 Å². The molecule has 2 rings (SSSR count). The molecule has 22 heavy (non-hydrogen) atoms. The molecule has 1 aliphatic heterocycles. The van der Waals surface area contributed by atoms with Crippen LogP contribution in [0.5, 0.6) is 0 Å². The van der Waals surface area contributed by atoms with E-state index in [0.717, 1.165) is 25.9 Å². The Balaban J connectivity index is 2.34. The third-order valence-corrected chi connectivity index (χ3v) is 5.77. The van der Waals surface area contributed by atoms with E-state index in [1.165, 1.54) is 13.2 Å². The van der Waals surface area contributed by atoms with Crippen molar-refractivity contribution in [3.63, 3.8) is 0 Å². The number of aryl methyl sites for hydroxylation is 1. The minimum Gasteiger partial charge on any atom is -0.465 e. The van der Waals surface area contributed by atoms with Gasteiger partial charge < -0.3 is 10.1 Å². The number of hydrogen-bond acceptors (Lipinski definition) is 5. The number of carbonyl (C=O) groups is 1. The van der Waals surface area contributed by atoms with E-state index < -0.39 is 21.5 Å². The summed E-state index contributed by atoms with van der Waals surface area (Å²) in [5.74, 6) is -0.551. The number of hydrogen-bond donors (Lipinski definition) is 2. The first-order chi connectivity index (χ1) is 10.3. The molecular weight excluding hydrogens is 304 g/mol. The minimum absolute atomic E-state index is 0.121. The summed E-state index contributed by atoms with van der Waals surface area (Å²) in [7, 11) is -2.43. The molecule has 0 aliphatic carbocycles. The lowest BCUT2D eigenvalue weighted by Gasteiger charge is -2.34. The summed E-state index contributed by atoms with van der Waals surface area (Å²) in [5.41, 5.74) is 0.347. The molecule has 2 N–H and O–H groups in total. The average molecular weight is 326 g/mol. The topological polar surface area (TPSA) is 84.5 Å². The van der Waals surface area contributed by atoms with E-state index in [9.17, 15) is 13.2 Å². The molecule has 122 valence electrons. The number of methoxy groups -OCH3 is 1. The number of piperidine rings is 1. The lowest BCUT2D eigenvalue weighted by molar-refractivity contribution is 0.0600. The number of esters is 1. The molecule has 1 aliphatic rings. The first-order valence-electron chi connectivity index (χ1n) is 7.21. The molecule has 0 radical (unpaired) electrons. The van der Waals surface area contributed by atoms with E-state index >= 15 is 0 Å². The third kappa shape index (κ3) is 3.66. The number of sulfonamides is 1. The Labute approximate surface area is 131 Å². The summed E-state index contributed by atoms with van der Waals surface area (Å²) < 4.78 is 32.9. The fraction of sp³-hybridized carbons (Fsp3) is 0.533. The van der Waals surface area contributed by atoms with Gasteiger partial charge >= 0.3 is 5.97 Å². The van der Waals surface area contributed by atoms with Crippen molar-refractivity contribution >= 4 is 16.0 Å². The van der Waals surface area contributed by atoms with Crippen LogP contribution in [0.2, 0.25) is 0 Å². The van der Waals surface area contributed by atoms with E-state index in [2.05, 4.69) is 14.8 Å². The highest BCUT2D eigenvalue weighted by Crippen LogP contribution is 2.23. The normalized spacial score (nSPS) is 18.0. The maximum absolute atomic E-state index is 12.7. The Bertz CT molecular complexity index is 664. The summed E-state index contributed by atoms with van der Waals surface area (Å²) in [6, 6.07) is 4.55. The van der Waals surface area contributed by atoms with Gasteiger partial charge in [0.05, 0.1) is 17.6 Å². The maximum atomic E-state index is 12.7. The summed E-state index contributed by atoms with van der Waals surface area (Å²) in [4.78, 5) is 11.7. The van der Waals surface area contributed by atoms with Gasteiger partial charge in [-0.2, -0.15) is 0 Å². The second kappa shape index (κ2) is 6.36. The molecule has 0 amide bonds. The van der Waals surface area contributed by atoms with Crippen LogP contribution in [0.25, 0.3) is 0 Å². The highest BCUT2D eigenvalue weighted by Gasteiger charge is 2.32. The highest BCUT2D eigenvalue weighted by molar-refractivity contribution is 7.89. The molecule has 6 nitrogen and oxygen atoms in total. The van der Waals surface area contributed by atoms with Crippen LogP contribution >= 0.6 is 0 Å². The SMILES string of the molecule is COC(=O)c1ccc(C)c(S(=O)(=O)NC2(C)CCNCC2)c1. The van der Waals surface area contributed by atoms with Gasteiger partial charge in [-0.3, -0.25) is 0 Å². The third-order valence-electron chi connectivity index (χ3n) is 3.99. The fourth-order valence-corrected chi connectivity index (χ4v) is 4.33. The monoisotopic (exact) mass is 326 g/mol. The largest absolute Gasteiger partial charge is 0.465 e. The van der Waals surface area contributed by atoms with Gasteiger partial charge in [0.2, 0.25) is 10.0 Å². The van der Waals surface area contributed by atoms with Gasteiger partial charge in [0.15, 0.2) is 0 Å². The molecule has 7 heteroatoms. The molecule has 1 heterocycles. The Morgan fingerprint density at radius 2 is 1.95 bits per heavy atom. The molecule has 0 atom stereocenters. The lowest BCUT2D eigenvalue weighted by atomic mass is 9.92. The molecule has 1 saturated heterocycles. The van der Waals surface area contributed by atoms with Crippen molar-refractivity contribution in [2.24, 2.45) is 0 Å². The molecule has 0 bridgehead atoms. The van der Waals surface area contributed by atoms with Crippen molar-refractivity contribution in [3.8, 4) is 0 Å².